The number of nitrogens with zero attached hydrogens (tertiary/aromatic N) is 2. The number of alkyl halides is 3. The molecule has 2 aromatic carbocycles. The van der Waals surface area contributed by atoms with E-state index >= 15 is 0 Å². The zero-order valence-electron chi connectivity index (χ0n) is 18.3. The Balaban J connectivity index is 1.49. The standard InChI is InChI=1S/C26H16ClF3N2O4/c27-17-8-7-14(12-16(17)26(28,29)30)32-24(34)19-20(25(32)35)22(23(33)18-6-3-11-36-18)31-10-9-13-4-1-2-5-15(13)21(19)31/h1-12,19-22H/t19-,20-,21-,22+/m1/s1. The molecule has 6 rings (SSSR count). The number of amides is 2. The number of carbonyl (C=O) groups is 3. The third kappa shape index (κ3) is 3.15. The van der Waals surface area contributed by atoms with E-state index in [9.17, 15) is 27.6 Å². The van der Waals surface area contributed by atoms with Crippen LogP contribution in [0.2, 0.25) is 5.02 Å². The lowest BCUT2D eigenvalue weighted by atomic mass is 9.84. The lowest BCUT2D eigenvalue weighted by Gasteiger charge is -2.35. The molecule has 2 saturated heterocycles. The van der Waals surface area contributed by atoms with Crippen molar-refractivity contribution in [1.29, 1.82) is 0 Å². The highest BCUT2D eigenvalue weighted by atomic mass is 35.5. The van der Waals surface area contributed by atoms with Gasteiger partial charge in [-0.05, 0) is 47.5 Å². The molecule has 2 fully saturated rings. The second-order valence-electron chi connectivity index (χ2n) is 8.85. The summed E-state index contributed by atoms with van der Waals surface area (Å²) in [7, 11) is 0. The maximum absolute atomic E-state index is 13.8. The van der Waals surface area contributed by atoms with Crippen LogP contribution in [-0.2, 0) is 15.8 Å². The fourth-order valence-corrected chi connectivity index (χ4v) is 5.77. The average Bonchev–Trinajstić information content (AvgIpc) is 3.55. The van der Waals surface area contributed by atoms with Crippen LogP contribution in [0.5, 0.6) is 0 Å². The van der Waals surface area contributed by atoms with E-state index in [0.29, 0.717) is 6.07 Å². The minimum atomic E-state index is -4.78. The van der Waals surface area contributed by atoms with Crippen molar-refractivity contribution >= 4 is 41.0 Å². The Kier molecular flexibility index (Phi) is 4.91. The average molecular weight is 513 g/mol. The van der Waals surface area contributed by atoms with E-state index in [4.69, 9.17) is 16.0 Å². The largest absolute Gasteiger partial charge is 0.461 e. The molecular formula is C26H16ClF3N2O4. The molecule has 0 unspecified atom stereocenters. The van der Waals surface area contributed by atoms with Gasteiger partial charge in [0.2, 0.25) is 17.6 Å². The molecule has 4 heterocycles. The van der Waals surface area contributed by atoms with Crippen LogP contribution < -0.4 is 4.90 Å². The van der Waals surface area contributed by atoms with Crippen molar-refractivity contribution in [3.05, 3.63) is 94.5 Å². The van der Waals surface area contributed by atoms with Gasteiger partial charge in [-0.1, -0.05) is 35.9 Å². The van der Waals surface area contributed by atoms with E-state index in [1.54, 1.807) is 29.3 Å². The van der Waals surface area contributed by atoms with Gasteiger partial charge in [-0.3, -0.25) is 14.4 Å². The number of rotatable bonds is 3. The quantitative estimate of drug-likeness (QED) is 0.349. The predicted molar refractivity (Wildman–Crippen MR) is 123 cm³/mol. The van der Waals surface area contributed by atoms with E-state index in [1.165, 1.54) is 18.4 Å². The number of carbonyl (C=O) groups excluding carboxylic acids is 3. The fraction of sp³-hybridized carbons (Fsp3) is 0.192. The number of ketones is 1. The first kappa shape index (κ1) is 22.6. The van der Waals surface area contributed by atoms with Gasteiger partial charge in [0.1, 0.15) is 6.04 Å². The minimum Gasteiger partial charge on any atom is -0.461 e. The molecule has 2 amide bonds. The SMILES string of the molecule is O=C(c1ccco1)[C@@H]1[C@@H]2C(=O)N(c3ccc(Cl)c(C(F)(F)F)c3)C(=O)[C@H]2[C@H]2c3ccccc3C=CN12. The molecule has 3 aromatic rings. The molecule has 6 nitrogen and oxygen atoms in total. The number of benzene rings is 2. The summed E-state index contributed by atoms with van der Waals surface area (Å²) in [5, 5.41) is -0.547. The number of hydrogen-bond acceptors (Lipinski definition) is 5. The fourth-order valence-electron chi connectivity index (χ4n) is 5.55. The summed E-state index contributed by atoms with van der Waals surface area (Å²) in [5.41, 5.74) is 0.176. The van der Waals surface area contributed by atoms with Gasteiger partial charge in [-0.25, -0.2) is 4.90 Å². The first-order chi connectivity index (χ1) is 17.2. The van der Waals surface area contributed by atoms with Gasteiger partial charge >= 0.3 is 6.18 Å². The van der Waals surface area contributed by atoms with Crippen molar-refractivity contribution in [2.75, 3.05) is 4.90 Å². The lowest BCUT2D eigenvalue weighted by molar-refractivity contribution is -0.137. The van der Waals surface area contributed by atoms with Crippen LogP contribution in [-0.4, -0.2) is 28.5 Å². The van der Waals surface area contributed by atoms with Gasteiger partial charge in [-0.15, -0.1) is 0 Å². The molecule has 1 aromatic heterocycles. The van der Waals surface area contributed by atoms with Crippen LogP contribution in [0, 0.1) is 11.8 Å². The number of imide groups is 1. The Hall–Kier alpha value is -3.85. The molecule has 0 N–H and O–H groups in total. The third-order valence-electron chi connectivity index (χ3n) is 7.01. The Morgan fingerprint density at radius 1 is 0.972 bits per heavy atom. The maximum atomic E-state index is 13.8. The molecule has 10 heteroatoms. The lowest BCUT2D eigenvalue weighted by Crippen LogP contribution is -2.44. The summed E-state index contributed by atoms with van der Waals surface area (Å²) in [6, 6.07) is 11.5. The number of anilines is 1. The monoisotopic (exact) mass is 512 g/mol. The van der Waals surface area contributed by atoms with Crippen molar-refractivity contribution in [3.8, 4) is 0 Å². The van der Waals surface area contributed by atoms with Crippen molar-refractivity contribution in [3.63, 3.8) is 0 Å². The van der Waals surface area contributed by atoms with E-state index in [2.05, 4.69) is 0 Å². The summed E-state index contributed by atoms with van der Waals surface area (Å²) in [6.45, 7) is 0. The zero-order valence-corrected chi connectivity index (χ0v) is 19.0. The van der Waals surface area contributed by atoms with E-state index in [1.807, 2.05) is 18.2 Å². The summed E-state index contributed by atoms with van der Waals surface area (Å²) in [6.07, 6.45) is 0.0396. The van der Waals surface area contributed by atoms with Crippen LogP contribution in [0.15, 0.2) is 71.5 Å². The number of fused-ring (bicyclic) bond motifs is 5. The normalized spacial score (nSPS) is 24.7. The zero-order chi connectivity index (χ0) is 25.4. The highest BCUT2D eigenvalue weighted by molar-refractivity contribution is 6.32. The van der Waals surface area contributed by atoms with Crippen LogP contribution in [0.3, 0.4) is 0 Å². The third-order valence-corrected chi connectivity index (χ3v) is 7.34. The molecule has 3 aliphatic heterocycles. The Morgan fingerprint density at radius 3 is 2.44 bits per heavy atom. The second-order valence-corrected chi connectivity index (χ2v) is 9.26. The molecule has 0 spiro atoms. The van der Waals surface area contributed by atoms with Gasteiger partial charge in [0, 0.05) is 6.20 Å². The summed E-state index contributed by atoms with van der Waals surface area (Å²) >= 11 is 5.75. The van der Waals surface area contributed by atoms with Gasteiger partial charge in [0.15, 0.2) is 5.76 Å². The Labute approximate surface area is 207 Å². The predicted octanol–water partition coefficient (Wildman–Crippen LogP) is 5.35. The van der Waals surface area contributed by atoms with Crippen molar-refractivity contribution in [2.24, 2.45) is 11.8 Å². The number of hydrogen-bond donors (Lipinski definition) is 0. The van der Waals surface area contributed by atoms with Gasteiger partial charge in [0.05, 0.1) is 40.4 Å². The second kappa shape index (κ2) is 7.83. The molecule has 36 heavy (non-hydrogen) atoms. The van der Waals surface area contributed by atoms with E-state index in [-0.39, 0.29) is 11.4 Å². The Bertz CT molecular complexity index is 1450. The Morgan fingerprint density at radius 2 is 1.72 bits per heavy atom. The van der Waals surface area contributed by atoms with Gasteiger partial charge in [-0.2, -0.15) is 13.2 Å². The van der Waals surface area contributed by atoms with E-state index < -0.39 is 58.3 Å². The van der Waals surface area contributed by atoms with Crippen molar-refractivity contribution in [2.45, 2.75) is 18.3 Å². The van der Waals surface area contributed by atoms with Crippen molar-refractivity contribution < 1.29 is 32.0 Å². The molecule has 0 bridgehead atoms. The van der Waals surface area contributed by atoms with Crippen molar-refractivity contribution in [1.82, 2.24) is 4.90 Å². The smallest absolute Gasteiger partial charge is 0.417 e. The molecule has 182 valence electrons. The summed E-state index contributed by atoms with van der Waals surface area (Å²) in [4.78, 5) is 43.5. The highest BCUT2D eigenvalue weighted by Gasteiger charge is 2.65. The molecule has 4 atom stereocenters. The van der Waals surface area contributed by atoms with Crippen LogP contribution in [0.25, 0.3) is 6.08 Å². The first-order valence-corrected chi connectivity index (χ1v) is 11.4. The van der Waals surface area contributed by atoms with Crippen LogP contribution in [0.1, 0.15) is 33.3 Å². The molecule has 0 saturated carbocycles. The van der Waals surface area contributed by atoms with Gasteiger partial charge < -0.3 is 9.32 Å². The van der Waals surface area contributed by atoms with E-state index in [0.717, 1.165) is 22.1 Å². The summed E-state index contributed by atoms with van der Waals surface area (Å²) < 4.78 is 45.8. The minimum absolute atomic E-state index is 0.0243. The molecule has 0 radical (unpaired) electrons. The van der Waals surface area contributed by atoms with Crippen LogP contribution in [0.4, 0.5) is 18.9 Å². The topological polar surface area (TPSA) is 70.8 Å². The van der Waals surface area contributed by atoms with Crippen LogP contribution >= 0.6 is 11.6 Å². The number of furan rings is 1. The highest BCUT2D eigenvalue weighted by Crippen LogP contribution is 2.54. The maximum Gasteiger partial charge on any atom is 0.417 e. The molecule has 3 aliphatic rings. The number of halogens is 4. The summed E-state index contributed by atoms with van der Waals surface area (Å²) in [5.74, 6) is -3.99. The molecule has 0 aliphatic carbocycles. The first-order valence-electron chi connectivity index (χ1n) is 11.1. The van der Waals surface area contributed by atoms with Gasteiger partial charge in [0.25, 0.3) is 0 Å². The number of Topliss-reactive ketones (excluding diaryl/α,β-unsaturated/α-hetero) is 1. The molecular weight excluding hydrogens is 497 g/mol.